The number of likely N-dealkylation sites (N-methyl/N-ethyl adjacent to an activating group) is 1. The summed E-state index contributed by atoms with van der Waals surface area (Å²) in [5.41, 5.74) is 1.12. The van der Waals surface area contributed by atoms with E-state index >= 15 is 0 Å². The molecule has 1 atom stereocenters. The second kappa shape index (κ2) is 6.75. The molecule has 102 valence electrons. The summed E-state index contributed by atoms with van der Waals surface area (Å²) >= 11 is 11.2. The molecule has 0 amide bonds. The molecule has 1 heterocycles. The third-order valence-electron chi connectivity index (χ3n) is 2.95. The lowest BCUT2D eigenvalue weighted by molar-refractivity contribution is 0.401. The molecule has 1 aromatic heterocycles. The molecule has 0 radical (unpaired) electrons. The van der Waals surface area contributed by atoms with Crippen molar-refractivity contribution in [2.45, 2.75) is 12.5 Å². The number of nitrogens with one attached hydrogen (secondary N) is 1. The van der Waals surface area contributed by atoms with Gasteiger partial charge in [0.05, 0.1) is 7.11 Å². The molecule has 0 saturated heterocycles. The van der Waals surface area contributed by atoms with E-state index in [9.17, 15) is 0 Å². The van der Waals surface area contributed by atoms with E-state index in [1.165, 1.54) is 4.88 Å². The third-order valence-corrected chi connectivity index (χ3v) is 4.90. The van der Waals surface area contributed by atoms with Gasteiger partial charge in [0.25, 0.3) is 0 Å². The molecule has 1 N–H and O–H groups in total. The average Bonchev–Trinajstić information content (AvgIpc) is 2.81. The molecule has 0 saturated carbocycles. The molecule has 19 heavy (non-hydrogen) atoms. The maximum atomic E-state index is 6.00. The lowest BCUT2D eigenvalue weighted by atomic mass is 10.0. The van der Waals surface area contributed by atoms with E-state index in [0.717, 1.165) is 22.2 Å². The first-order chi connectivity index (χ1) is 9.13. The van der Waals surface area contributed by atoms with Crippen LogP contribution in [0.3, 0.4) is 0 Å². The Morgan fingerprint density at radius 3 is 2.79 bits per heavy atom. The van der Waals surface area contributed by atoms with Gasteiger partial charge in [-0.15, -0.1) is 11.3 Å². The summed E-state index contributed by atoms with van der Waals surface area (Å²) in [6.07, 6.45) is 0.921. The van der Waals surface area contributed by atoms with Crippen molar-refractivity contribution in [3.63, 3.8) is 0 Å². The zero-order valence-corrected chi connectivity index (χ0v) is 13.9. The van der Waals surface area contributed by atoms with Gasteiger partial charge < -0.3 is 10.1 Å². The zero-order valence-electron chi connectivity index (χ0n) is 10.7. The van der Waals surface area contributed by atoms with Gasteiger partial charge in [-0.05, 0) is 41.2 Å². The van der Waals surface area contributed by atoms with Gasteiger partial charge >= 0.3 is 0 Å². The lowest BCUT2D eigenvalue weighted by Gasteiger charge is -2.19. The molecule has 0 fully saturated rings. The smallest absolute Gasteiger partial charge is 0.125 e. The second-order valence-electron chi connectivity index (χ2n) is 4.16. The van der Waals surface area contributed by atoms with Gasteiger partial charge in [-0.25, -0.2) is 0 Å². The Balaban J connectivity index is 2.26. The monoisotopic (exact) mass is 359 g/mol. The van der Waals surface area contributed by atoms with Crippen molar-refractivity contribution in [1.82, 2.24) is 5.32 Å². The van der Waals surface area contributed by atoms with Crippen molar-refractivity contribution in [2.75, 3.05) is 14.2 Å². The number of benzene rings is 1. The maximum Gasteiger partial charge on any atom is 0.125 e. The zero-order chi connectivity index (χ0) is 13.8. The molecule has 0 spiro atoms. The molecule has 1 unspecified atom stereocenters. The van der Waals surface area contributed by atoms with E-state index in [4.69, 9.17) is 16.3 Å². The van der Waals surface area contributed by atoms with Crippen molar-refractivity contribution in [3.05, 3.63) is 49.6 Å². The van der Waals surface area contributed by atoms with Gasteiger partial charge in [0.2, 0.25) is 0 Å². The fraction of sp³-hybridized carbons (Fsp3) is 0.286. The van der Waals surface area contributed by atoms with Gasteiger partial charge in [0, 0.05) is 37.8 Å². The first-order valence-corrected chi connectivity index (χ1v) is 7.92. The van der Waals surface area contributed by atoms with Crippen molar-refractivity contribution < 1.29 is 4.74 Å². The van der Waals surface area contributed by atoms with Crippen LogP contribution in [0, 0.1) is 0 Å². The Hall–Kier alpha value is -0.550. The summed E-state index contributed by atoms with van der Waals surface area (Å²) in [7, 11) is 3.63. The van der Waals surface area contributed by atoms with Crippen molar-refractivity contribution in [2.24, 2.45) is 0 Å². The highest BCUT2D eigenvalue weighted by molar-refractivity contribution is 9.10. The normalized spacial score (nSPS) is 12.4. The van der Waals surface area contributed by atoms with E-state index in [1.807, 2.05) is 25.2 Å². The summed E-state index contributed by atoms with van der Waals surface area (Å²) in [6.45, 7) is 0. The molecule has 0 aliphatic rings. The highest BCUT2D eigenvalue weighted by Gasteiger charge is 2.16. The van der Waals surface area contributed by atoms with Crippen LogP contribution in [0.1, 0.15) is 16.5 Å². The number of hydrogen-bond acceptors (Lipinski definition) is 3. The third kappa shape index (κ3) is 3.72. The molecule has 0 bridgehead atoms. The van der Waals surface area contributed by atoms with Crippen LogP contribution < -0.4 is 10.1 Å². The van der Waals surface area contributed by atoms with Crippen LogP contribution in [0.4, 0.5) is 0 Å². The van der Waals surface area contributed by atoms with Gasteiger partial charge in [0.1, 0.15) is 5.75 Å². The summed E-state index contributed by atoms with van der Waals surface area (Å²) in [5.74, 6) is 0.822. The minimum atomic E-state index is 0.206. The number of ether oxygens (including phenoxy) is 1. The van der Waals surface area contributed by atoms with Crippen molar-refractivity contribution in [1.29, 1.82) is 0 Å². The van der Waals surface area contributed by atoms with E-state index in [-0.39, 0.29) is 6.04 Å². The van der Waals surface area contributed by atoms with Crippen LogP contribution in [0.25, 0.3) is 0 Å². The lowest BCUT2D eigenvalue weighted by Crippen LogP contribution is -2.19. The number of hydrogen-bond donors (Lipinski definition) is 1. The second-order valence-corrected chi connectivity index (χ2v) is 6.51. The molecule has 0 aliphatic carbocycles. The predicted molar refractivity (Wildman–Crippen MR) is 85.5 cm³/mol. The number of rotatable bonds is 5. The summed E-state index contributed by atoms with van der Waals surface area (Å²) in [4.78, 5) is 1.32. The van der Waals surface area contributed by atoms with Crippen LogP contribution >= 0.6 is 38.9 Å². The molecule has 2 rings (SSSR count). The molecule has 0 aliphatic heterocycles. The van der Waals surface area contributed by atoms with E-state index in [1.54, 1.807) is 18.4 Å². The fourth-order valence-electron chi connectivity index (χ4n) is 2.00. The quantitative estimate of drug-likeness (QED) is 0.836. The molecule has 5 heteroatoms. The average molecular weight is 361 g/mol. The highest BCUT2D eigenvalue weighted by atomic mass is 79.9. The van der Waals surface area contributed by atoms with Gasteiger partial charge in [-0.3, -0.25) is 0 Å². The number of thiophene rings is 1. The van der Waals surface area contributed by atoms with Gasteiger partial charge in [-0.2, -0.15) is 0 Å². The summed E-state index contributed by atoms with van der Waals surface area (Å²) < 4.78 is 6.55. The first kappa shape index (κ1) is 14.9. The topological polar surface area (TPSA) is 21.3 Å². The van der Waals surface area contributed by atoms with Crippen LogP contribution in [-0.4, -0.2) is 14.2 Å². The molecule has 2 nitrogen and oxygen atoms in total. The molecular formula is C14H15BrClNOS. The Morgan fingerprint density at radius 2 is 2.21 bits per heavy atom. The van der Waals surface area contributed by atoms with Crippen LogP contribution in [-0.2, 0) is 6.42 Å². The van der Waals surface area contributed by atoms with E-state index < -0.39 is 0 Å². The largest absolute Gasteiger partial charge is 0.496 e. The summed E-state index contributed by atoms with van der Waals surface area (Å²) in [5, 5.41) is 6.13. The minimum Gasteiger partial charge on any atom is -0.496 e. The Labute approximate surface area is 130 Å². The number of methoxy groups -OCH3 is 1. The Bertz CT molecular complexity index is 558. The highest BCUT2D eigenvalue weighted by Crippen LogP contribution is 2.32. The van der Waals surface area contributed by atoms with E-state index in [2.05, 4.69) is 32.7 Å². The first-order valence-electron chi connectivity index (χ1n) is 5.87. The Morgan fingerprint density at radius 1 is 1.42 bits per heavy atom. The standard InChI is InChI=1S/C14H15BrClNOS/c1-17-13(7-11-5-9(15)8-19-11)12-4-3-10(16)6-14(12)18-2/h3-6,8,13,17H,7H2,1-2H3. The van der Waals surface area contributed by atoms with Crippen molar-refractivity contribution >= 4 is 38.9 Å². The van der Waals surface area contributed by atoms with Gasteiger partial charge in [-0.1, -0.05) is 17.7 Å². The van der Waals surface area contributed by atoms with Crippen LogP contribution in [0.15, 0.2) is 34.1 Å². The maximum absolute atomic E-state index is 6.00. The van der Waals surface area contributed by atoms with Crippen molar-refractivity contribution in [3.8, 4) is 5.75 Å². The minimum absolute atomic E-state index is 0.206. The van der Waals surface area contributed by atoms with Crippen LogP contribution in [0.2, 0.25) is 5.02 Å². The fourth-order valence-corrected chi connectivity index (χ4v) is 3.66. The molecular weight excluding hydrogens is 346 g/mol. The van der Waals surface area contributed by atoms with Gasteiger partial charge in [0.15, 0.2) is 0 Å². The number of halogens is 2. The summed E-state index contributed by atoms with van der Waals surface area (Å²) in [6, 6.07) is 8.12. The Kier molecular flexibility index (Phi) is 5.28. The van der Waals surface area contributed by atoms with Crippen LogP contribution in [0.5, 0.6) is 5.75 Å². The predicted octanol–water partition coefficient (Wildman–Crippen LogP) is 4.68. The van der Waals surface area contributed by atoms with E-state index in [0.29, 0.717) is 5.02 Å². The molecule has 2 aromatic rings. The SMILES string of the molecule is CNC(Cc1cc(Br)cs1)c1ccc(Cl)cc1OC. The molecule has 1 aromatic carbocycles.